The SMILES string of the molecule is COc1ccc(CO)cc1CN1CC(=O)N(C)CC1=O. The van der Waals surface area contributed by atoms with Crippen molar-refractivity contribution in [2.75, 3.05) is 27.2 Å². The lowest BCUT2D eigenvalue weighted by atomic mass is 10.1. The van der Waals surface area contributed by atoms with Crippen molar-refractivity contribution in [3.63, 3.8) is 0 Å². The average Bonchev–Trinajstić information content (AvgIpc) is 2.44. The number of aliphatic hydroxyl groups excluding tert-OH is 1. The quantitative estimate of drug-likeness (QED) is 0.841. The number of benzene rings is 1. The number of aliphatic hydroxyl groups is 1. The number of amides is 2. The van der Waals surface area contributed by atoms with Crippen LogP contribution in [0.1, 0.15) is 11.1 Å². The fourth-order valence-corrected chi connectivity index (χ4v) is 2.17. The summed E-state index contributed by atoms with van der Waals surface area (Å²) in [6.45, 7) is 0.394. The number of nitrogens with zero attached hydrogens (tertiary/aromatic N) is 2. The van der Waals surface area contributed by atoms with E-state index in [4.69, 9.17) is 4.74 Å². The Balaban J connectivity index is 2.20. The highest BCUT2D eigenvalue weighted by molar-refractivity contribution is 5.92. The number of carbonyl (C=O) groups excluding carboxylic acids is 2. The summed E-state index contributed by atoms with van der Waals surface area (Å²) in [6.07, 6.45) is 0. The Morgan fingerprint density at radius 2 is 2.00 bits per heavy atom. The zero-order valence-corrected chi connectivity index (χ0v) is 11.6. The second-order valence-electron chi connectivity index (χ2n) is 4.80. The normalized spacial score (nSPS) is 15.8. The van der Waals surface area contributed by atoms with Gasteiger partial charge >= 0.3 is 0 Å². The molecule has 0 spiro atoms. The summed E-state index contributed by atoms with van der Waals surface area (Å²) in [4.78, 5) is 26.5. The minimum atomic E-state index is -0.0939. The van der Waals surface area contributed by atoms with Crippen LogP contribution in [0.3, 0.4) is 0 Å². The maximum atomic E-state index is 12.0. The van der Waals surface area contributed by atoms with Gasteiger partial charge in [0.2, 0.25) is 11.8 Å². The molecule has 1 aliphatic heterocycles. The van der Waals surface area contributed by atoms with E-state index in [1.165, 1.54) is 9.80 Å². The molecule has 1 aromatic rings. The van der Waals surface area contributed by atoms with Crippen molar-refractivity contribution >= 4 is 11.8 Å². The van der Waals surface area contributed by atoms with Crippen molar-refractivity contribution in [3.05, 3.63) is 29.3 Å². The van der Waals surface area contributed by atoms with Gasteiger partial charge in [0, 0.05) is 19.2 Å². The third-order valence-electron chi connectivity index (χ3n) is 3.37. The molecule has 108 valence electrons. The van der Waals surface area contributed by atoms with Gasteiger partial charge in [-0.05, 0) is 17.7 Å². The number of rotatable bonds is 4. The fourth-order valence-electron chi connectivity index (χ4n) is 2.17. The van der Waals surface area contributed by atoms with E-state index in [-0.39, 0.29) is 31.5 Å². The Morgan fingerprint density at radius 1 is 1.25 bits per heavy atom. The van der Waals surface area contributed by atoms with Crippen LogP contribution in [0.25, 0.3) is 0 Å². The largest absolute Gasteiger partial charge is 0.496 e. The van der Waals surface area contributed by atoms with Gasteiger partial charge in [0.25, 0.3) is 0 Å². The first-order valence-electron chi connectivity index (χ1n) is 6.33. The Morgan fingerprint density at radius 3 is 2.65 bits per heavy atom. The molecule has 1 aromatic carbocycles. The van der Waals surface area contributed by atoms with Crippen LogP contribution in [0.15, 0.2) is 18.2 Å². The van der Waals surface area contributed by atoms with Crippen LogP contribution in [0.4, 0.5) is 0 Å². The summed E-state index contributed by atoms with van der Waals surface area (Å²) in [5.74, 6) is 0.465. The predicted molar refractivity (Wildman–Crippen MR) is 72.0 cm³/mol. The van der Waals surface area contributed by atoms with Gasteiger partial charge in [-0.15, -0.1) is 0 Å². The van der Waals surface area contributed by atoms with Gasteiger partial charge in [-0.1, -0.05) is 6.07 Å². The fraction of sp³-hybridized carbons (Fsp3) is 0.429. The summed E-state index contributed by atoms with van der Waals surface area (Å²) < 4.78 is 5.25. The minimum Gasteiger partial charge on any atom is -0.496 e. The number of hydrogen-bond donors (Lipinski definition) is 1. The highest BCUT2D eigenvalue weighted by atomic mass is 16.5. The zero-order valence-electron chi connectivity index (χ0n) is 11.6. The van der Waals surface area contributed by atoms with E-state index in [0.717, 1.165) is 11.1 Å². The van der Waals surface area contributed by atoms with Crippen LogP contribution in [-0.2, 0) is 22.7 Å². The predicted octanol–water partition coefficient (Wildman–Crippen LogP) is -0.0119. The maximum Gasteiger partial charge on any atom is 0.242 e. The third kappa shape index (κ3) is 2.91. The molecule has 20 heavy (non-hydrogen) atoms. The van der Waals surface area contributed by atoms with E-state index >= 15 is 0 Å². The van der Waals surface area contributed by atoms with E-state index in [9.17, 15) is 14.7 Å². The first-order chi connectivity index (χ1) is 9.55. The van der Waals surface area contributed by atoms with Crippen LogP contribution < -0.4 is 4.74 Å². The summed E-state index contributed by atoms with van der Waals surface area (Å²) in [5, 5.41) is 9.18. The molecule has 0 aliphatic carbocycles. The van der Waals surface area contributed by atoms with Gasteiger partial charge in [-0.25, -0.2) is 0 Å². The van der Waals surface area contributed by atoms with Crippen LogP contribution >= 0.6 is 0 Å². The first-order valence-corrected chi connectivity index (χ1v) is 6.33. The third-order valence-corrected chi connectivity index (χ3v) is 3.37. The molecule has 2 amide bonds. The number of ether oxygens (including phenoxy) is 1. The highest BCUT2D eigenvalue weighted by Crippen LogP contribution is 2.22. The minimum absolute atomic E-state index is 0.0713. The molecule has 1 aliphatic rings. The van der Waals surface area contributed by atoms with Crippen molar-refractivity contribution in [1.82, 2.24) is 9.80 Å². The van der Waals surface area contributed by atoms with E-state index < -0.39 is 0 Å². The molecule has 1 heterocycles. The summed E-state index contributed by atoms with van der Waals surface area (Å²) >= 11 is 0. The second-order valence-corrected chi connectivity index (χ2v) is 4.80. The van der Waals surface area contributed by atoms with Crippen LogP contribution in [0.2, 0.25) is 0 Å². The van der Waals surface area contributed by atoms with E-state index in [2.05, 4.69) is 0 Å². The zero-order chi connectivity index (χ0) is 14.7. The molecule has 6 heteroatoms. The molecule has 0 atom stereocenters. The molecule has 0 unspecified atom stereocenters. The maximum absolute atomic E-state index is 12.0. The molecule has 0 aromatic heterocycles. The molecule has 0 bridgehead atoms. The molecule has 0 radical (unpaired) electrons. The molecular weight excluding hydrogens is 260 g/mol. The Hall–Kier alpha value is -2.08. The first kappa shape index (κ1) is 14.3. The van der Waals surface area contributed by atoms with Crippen molar-refractivity contribution in [2.24, 2.45) is 0 Å². The lowest BCUT2D eigenvalue weighted by Crippen LogP contribution is -2.51. The Kier molecular flexibility index (Phi) is 4.24. The second kappa shape index (κ2) is 5.92. The molecule has 0 saturated carbocycles. The van der Waals surface area contributed by atoms with Gasteiger partial charge in [0.1, 0.15) is 12.3 Å². The van der Waals surface area contributed by atoms with Gasteiger partial charge in [0.05, 0.1) is 20.3 Å². The van der Waals surface area contributed by atoms with Crippen LogP contribution in [-0.4, -0.2) is 54.0 Å². The molecule has 6 nitrogen and oxygen atoms in total. The van der Waals surface area contributed by atoms with Gasteiger partial charge in [-0.2, -0.15) is 0 Å². The number of likely N-dealkylation sites (N-methyl/N-ethyl adjacent to an activating group) is 1. The summed E-state index contributed by atoms with van der Waals surface area (Å²) in [6, 6.07) is 5.30. The van der Waals surface area contributed by atoms with Gasteiger partial charge in [-0.3, -0.25) is 9.59 Å². The molecule has 1 saturated heterocycles. The monoisotopic (exact) mass is 278 g/mol. The summed E-state index contributed by atoms with van der Waals surface area (Å²) in [5.41, 5.74) is 1.53. The highest BCUT2D eigenvalue weighted by Gasteiger charge is 2.27. The Bertz CT molecular complexity index is 530. The molecular formula is C14H18N2O4. The summed E-state index contributed by atoms with van der Waals surface area (Å²) in [7, 11) is 3.17. The number of carbonyl (C=O) groups is 2. The van der Waals surface area contributed by atoms with Crippen molar-refractivity contribution in [3.8, 4) is 5.75 Å². The van der Waals surface area contributed by atoms with Gasteiger partial charge < -0.3 is 19.6 Å². The van der Waals surface area contributed by atoms with Crippen molar-refractivity contribution in [2.45, 2.75) is 13.2 Å². The molecule has 1 fully saturated rings. The standard InChI is InChI=1S/C14H18N2O4/c1-15-7-14(19)16(8-13(15)18)6-11-5-10(9-17)3-4-12(11)20-2/h3-5,17H,6-9H2,1-2H3. The number of piperazine rings is 1. The van der Waals surface area contributed by atoms with Crippen LogP contribution in [0.5, 0.6) is 5.75 Å². The number of methoxy groups -OCH3 is 1. The lowest BCUT2D eigenvalue weighted by Gasteiger charge is -2.32. The van der Waals surface area contributed by atoms with E-state index in [1.54, 1.807) is 32.4 Å². The molecule has 1 N–H and O–H groups in total. The van der Waals surface area contributed by atoms with E-state index in [0.29, 0.717) is 12.3 Å². The number of hydrogen-bond acceptors (Lipinski definition) is 4. The topological polar surface area (TPSA) is 70.1 Å². The van der Waals surface area contributed by atoms with Crippen LogP contribution in [0, 0.1) is 0 Å². The Labute approximate surface area is 117 Å². The smallest absolute Gasteiger partial charge is 0.242 e. The molecule has 2 rings (SSSR count). The lowest BCUT2D eigenvalue weighted by molar-refractivity contribution is -0.149. The average molecular weight is 278 g/mol. The van der Waals surface area contributed by atoms with Crippen molar-refractivity contribution < 1.29 is 19.4 Å². The van der Waals surface area contributed by atoms with Crippen molar-refractivity contribution in [1.29, 1.82) is 0 Å². The van der Waals surface area contributed by atoms with Gasteiger partial charge in [0.15, 0.2) is 0 Å². The van der Waals surface area contributed by atoms with E-state index in [1.807, 2.05) is 0 Å².